The van der Waals surface area contributed by atoms with Crippen LogP contribution in [0.25, 0.3) is 0 Å². The number of carbonyl (C=O) groups is 2. The molecular weight excluding hydrogens is 280 g/mol. The number of ether oxygens (including phenoxy) is 1. The van der Waals surface area contributed by atoms with Crippen molar-refractivity contribution in [2.45, 2.75) is 51.3 Å². The van der Waals surface area contributed by atoms with Gasteiger partial charge < -0.3 is 15.4 Å². The van der Waals surface area contributed by atoms with E-state index in [0.29, 0.717) is 6.42 Å². The molecule has 2 amide bonds. The highest BCUT2D eigenvalue weighted by Crippen LogP contribution is 2.46. The normalized spacial score (nSPS) is 29.9. The standard InChI is InChI=1S/C17H22N2O3/c1-16(2,3)18-14(20)13-11-9-17(4,19-15(13)21)22-12-8-6-5-7-10(11)12/h5-8,11,13H,9H2,1-4H3,(H,18,20)(H,19,21)/t11-,13+,17+/m0/s1. The molecule has 5 nitrogen and oxygen atoms in total. The summed E-state index contributed by atoms with van der Waals surface area (Å²) in [4.78, 5) is 25.1. The van der Waals surface area contributed by atoms with Gasteiger partial charge in [0.05, 0.1) is 0 Å². The molecule has 1 fully saturated rings. The smallest absolute Gasteiger partial charge is 0.236 e. The van der Waals surface area contributed by atoms with Gasteiger partial charge in [-0.3, -0.25) is 9.59 Å². The molecule has 5 heteroatoms. The van der Waals surface area contributed by atoms with Crippen LogP contribution in [0.5, 0.6) is 5.75 Å². The molecule has 2 bridgehead atoms. The van der Waals surface area contributed by atoms with Gasteiger partial charge in [-0.15, -0.1) is 0 Å². The number of amides is 2. The van der Waals surface area contributed by atoms with Crippen LogP contribution in [0.2, 0.25) is 0 Å². The average molecular weight is 302 g/mol. The molecule has 0 saturated carbocycles. The van der Waals surface area contributed by atoms with Crippen molar-refractivity contribution in [3.05, 3.63) is 29.8 Å². The van der Waals surface area contributed by atoms with Crippen LogP contribution in [0.15, 0.2) is 24.3 Å². The molecule has 3 rings (SSSR count). The van der Waals surface area contributed by atoms with Crippen molar-refractivity contribution < 1.29 is 14.3 Å². The van der Waals surface area contributed by atoms with E-state index in [1.54, 1.807) is 0 Å². The van der Waals surface area contributed by atoms with Crippen LogP contribution in [0.4, 0.5) is 0 Å². The first kappa shape index (κ1) is 14.9. The topological polar surface area (TPSA) is 67.4 Å². The van der Waals surface area contributed by atoms with Gasteiger partial charge in [-0.25, -0.2) is 0 Å². The lowest BCUT2D eigenvalue weighted by atomic mass is 9.74. The maximum Gasteiger partial charge on any atom is 0.236 e. The molecule has 1 aromatic rings. The van der Waals surface area contributed by atoms with E-state index in [1.807, 2.05) is 52.0 Å². The molecule has 0 aromatic heterocycles. The van der Waals surface area contributed by atoms with E-state index in [2.05, 4.69) is 10.6 Å². The van der Waals surface area contributed by atoms with Gasteiger partial charge in [0, 0.05) is 17.9 Å². The Kier molecular flexibility index (Phi) is 3.20. The van der Waals surface area contributed by atoms with E-state index in [4.69, 9.17) is 4.74 Å². The number of nitrogens with one attached hydrogen (secondary N) is 2. The summed E-state index contributed by atoms with van der Waals surface area (Å²) in [5, 5.41) is 5.78. The Morgan fingerprint density at radius 1 is 1.36 bits per heavy atom. The third-order valence-electron chi connectivity index (χ3n) is 4.12. The molecule has 0 aliphatic carbocycles. The summed E-state index contributed by atoms with van der Waals surface area (Å²) in [7, 11) is 0. The molecule has 3 atom stereocenters. The van der Waals surface area contributed by atoms with Crippen molar-refractivity contribution in [3.63, 3.8) is 0 Å². The second kappa shape index (κ2) is 4.73. The lowest BCUT2D eigenvalue weighted by Gasteiger charge is -2.47. The third-order valence-corrected chi connectivity index (χ3v) is 4.12. The minimum atomic E-state index is -0.741. The second-order valence-corrected chi connectivity index (χ2v) is 7.39. The van der Waals surface area contributed by atoms with E-state index >= 15 is 0 Å². The Labute approximate surface area is 130 Å². The van der Waals surface area contributed by atoms with Crippen molar-refractivity contribution in [1.82, 2.24) is 10.6 Å². The number of benzene rings is 1. The quantitative estimate of drug-likeness (QED) is 0.779. The Hall–Kier alpha value is -2.04. The monoisotopic (exact) mass is 302 g/mol. The van der Waals surface area contributed by atoms with Crippen LogP contribution in [-0.2, 0) is 9.59 Å². The summed E-state index contributed by atoms with van der Waals surface area (Å²) < 4.78 is 5.93. The molecular formula is C17H22N2O3. The van der Waals surface area contributed by atoms with Gasteiger partial charge in [0.25, 0.3) is 0 Å². The van der Waals surface area contributed by atoms with Gasteiger partial charge >= 0.3 is 0 Å². The minimum Gasteiger partial charge on any atom is -0.468 e. The van der Waals surface area contributed by atoms with Crippen molar-refractivity contribution in [1.29, 1.82) is 0 Å². The minimum absolute atomic E-state index is 0.161. The summed E-state index contributed by atoms with van der Waals surface area (Å²) in [6, 6.07) is 7.64. The molecule has 22 heavy (non-hydrogen) atoms. The van der Waals surface area contributed by atoms with Gasteiger partial charge in [-0.05, 0) is 39.3 Å². The second-order valence-electron chi connectivity index (χ2n) is 7.39. The Morgan fingerprint density at radius 3 is 2.73 bits per heavy atom. The predicted molar refractivity (Wildman–Crippen MR) is 82.4 cm³/mol. The van der Waals surface area contributed by atoms with Gasteiger partial charge in [0.2, 0.25) is 11.8 Å². The predicted octanol–water partition coefficient (Wildman–Crippen LogP) is 1.93. The molecule has 2 heterocycles. The summed E-state index contributed by atoms with van der Waals surface area (Å²) >= 11 is 0. The first-order valence-corrected chi connectivity index (χ1v) is 7.61. The Balaban J connectivity index is 1.99. The number of hydrogen-bond donors (Lipinski definition) is 2. The molecule has 2 aliphatic heterocycles. The first-order chi connectivity index (χ1) is 10.2. The first-order valence-electron chi connectivity index (χ1n) is 7.61. The van der Waals surface area contributed by atoms with Crippen molar-refractivity contribution >= 4 is 11.8 Å². The van der Waals surface area contributed by atoms with E-state index < -0.39 is 11.6 Å². The molecule has 1 aromatic carbocycles. The van der Waals surface area contributed by atoms with E-state index in [-0.39, 0.29) is 23.3 Å². The summed E-state index contributed by atoms with van der Waals surface area (Å²) in [5.74, 6) is -0.637. The van der Waals surface area contributed by atoms with Crippen molar-refractivity contribution in [2.75, 3.05) is 0 Å². The summed E-state index contributed by atoms with van der Waals surface area (Å²) in [6.45, 7) is 7.58. The van der Waals surface area contributed by atoms with Crippen LogP contribution >= 0.6 is 0 Å². The average Bonchev–Trinajstić information content (AvgIpc) is 2.34. The zero-order chi connectivity index (χ0) is 16.1. The van der Waals surface area contributed by atoms with E-state index in [9.17, 15) is 9.59 Å². The van der Waals surface area contributed by atoms with Crippen LogP contribution in [-0.4, -0.2) is 23.1 Å². The fraction of sp³-hybridized carbons (Fsp3) is 0.529. The lowest BCUT2D eigenvalue weighted by Crippen LogP contribution is -2.63. The number of para-hydroxylation sites is 1. The van der Waals surface area contributed by atoms with Crippen LogP contribution in [0.1, 0.15) is 45.6 Å². The van der Waals surface area contributed by atoms with E-state index in [0.717, 1.165) is 11.3 Å². The molecule has 1 saturated heterocycles. The SMILES string of the molecule is CC(C)(C)NC(=O)[C@@H]1C(=O)N[C@@]2(C)C[C@H]1c1ccccc1O2. The van der Waals surface area contributed by atoms with Gasteiger partial charge in [-0.2, -0.15) is 0 Å². The highest BCUT2D eigenvalue weighted by molar-refractivity contribution is 6.02. The Bertz CT molecular complexity index is 635. The van der Waals surface area contributed by atoms with Gasteiger partial charge in [0.15, 0.2) is 5.72 Å². The summed E-state index contributed by atoms with van der Waals surface area (Å²) in [6.07, 6.45) is 0.595. The molecule has 0 spiro atoms. The van der Waals surface area contributed by atoms with Crippen LogP contribution in [0, 0.1) is 5.92 Å². The number of carbonyl (C=O) groups excluding carboxylic acids is 2. The summed E-state index contributed by atoms with van der Waals surface area (Å²) in [5.41, 5.74) is -0.180. The molecule has 2 aliphatic rings. The zero-order valence-electron chi connectivity index (χ0n) is 13.4. The molecule has 0 unspecified atom stereocenters. The highest BCUT2D eigenvalue weighted by Gasteiger charge is 2.51. The number of rotatable bonds is 1. The van der Waals surface area contributed by atoms with Crippen LogP contribution in [0.3, 0.4) is 0 Å². The van der Waals surface area contributed by atoms with E-state index in [1.165, 1.54) is 0 Å². The zero-order valence-corrected chi connectivity index (χ0v) is 13.4. The van der Waals surface area contributed by atoms with Gasteiger partial charge in [0.1, 0.15) is 11.7 Å². The number of piperidine rings is 1. The van der Waals surface area contributed by atoms with Crippen molar-refractivity contribution in [2.24, 2.45) is 5.92 Å². The largest absolute Gasteiger partial charge is 0.468 e. The molecule has 2 N–H and O–H groups in total. The Morgan fingerprint density at radius 2 is 2.05 bits per heavy atom. The van der Waals surface area contributed by atoms with Crippen LogP contribution < -0.4 is 15.4 Å². The number of fused-ring (bicyclic) bond motifs is 4. The van der Waals surface area contributed by atoms with Gasteiger partial charge in [-0.1, -0.05) is 18.2 Å². The van der Waals surface area contributed by atoms with Crippen molar-refractivity contribution in [3.8, 4) is 5.75 Å². The fourth-order valence-corrected chi connectivity index (χ4v) is 3.34. The fourth-order valence-electron chi connectivity index (χ4n) is 3.34. The number of hydrogen-bond acceptors (Lipinski definition) is 3. The lowest BCUT2D eigenvalue weighted by molar-refractivity contribution is -0.147. The maximum absolute atomic E-state index is 12.6. The highest BCUT2D eigenvalue weighted by atomic mass is 16.5. The molecule has 0 radical (unpaired) electrons. The molecule has 118 valence electrons. The third kappa shape index (κ3) is 2.56. The maximum atomic E-state index is 12.6.